The highest BCUT2D eigenvalue weighted by Crippen LogP contribution is 2.29. The summed E-state index contributed by atoms with van der Waals surface area (Å²) in [7, 11) is 0. The molecular formula is C18H23N. The Kier molecular flexibility index (Phi) is 4.39. The molecule has 0 fully saturated rings. The van der Waals surface area contributed by atoms with Crippen LogP contribution in [0.15, 0.2) is 54.6 Å². The minimum atomic E-state index is 0.0450. The van der Waals surface area contributed by atoms with E-state index in [1.807, 2.05) is 6.07 Å². The van der Waals surface area contributed by atoms with Gasteiger partial charge in [-0.15, -0.1) is 0 Å². The van der Waals surface area contributed by atoms with E-state index in [4.69, 9.17) is 5.73 Å². The zero-order valence-electron chi connectivity index (χ0n) is 12.0. The fourth-order valence-corrected chi connectivity index (χ4v) is 2.36. The summed E-state index contributed by atoms with van der Waals surface area (Å²) >= 11 is 0. The Hall–Kier alpha value is -1.60. The van der Waals surface area contributed by atoms with Crippen molar-refractivity contribution in [3.05, 3.63) is 71.3 Å². The van der Waals surface area contributed by atoms with Gasteiger partial charge in [-0.3, -0.25) is 0 Å². The summed E-state index contributed by atoms with van der Waals surface area (Å²) in [5, 5.41) is 0. The first-order valence-electron chi connectivity index (χ1n) is 7.00. The Morgan fingerprint density at radius 1 is 0.684 bits per heavy atom. The van der Waals surface area contributed by atoms with E-state index >= 15 is 0 Å². The second-order valence-corrected chi connectivity index (χ2v) is 5.55. The first-order chi connectivity index (χ1) is 9.09. The van der Waals surface area contributed by atoms with E-state index in [0.29, 0.717) is 11.8 Å². The van der Waals surface area contributed by atoms with Crippen LogP contribution in [0.4, 0.5) is 0 Å². The largest absolute Gasteiger partial charge is 0.323 e. The van der Waals surface area contributed by atoms with Gasteiger partial charge < -0.3 is 5.73 Å². The van der Waals surface area contributed by atoms with Gasteiger partial charge in [0.25, 0.3) is 0 Å². The molecule has 2 N–H and O–H groups in total. The maximum atomic E-state index is 6.40. The maximum absolute atomic E-state index is 6.40. The number of benzene rings is 2. The van der Waals surface area contributed by atoms with E-state index < -0.39 is 0 Å². The zero-order valence-corrected chi connectivity index (χ0v) is 12.0. The van der Waals surface area contributed by atoms with Crippen LogP contribution in [0.3, 0.4) is 0 Å². The molecule has 0 saturated carbocycles. The van der Waals surface area contributed by atoms with Gasteiger partial charge in [0.1, 0.15) is 0 Å². The van der Waals surface area contributed by atoms with Crippen LogP contribution in [-0.2, 0) is 0 Å². The number of nitrogens with two attached hydrogens (primary N) is 1. The van der Waals surface area contributed by atoms with Gasteiger partial charge in [-0.1, -0.05) is 75.4 Å². The van der Waals surface area contributed by atoms with Crippen molar-refractivity contribution in [1.82, 2.24) is 0 Å². The molecule has 0 saturated heterocycles. The summed E-state index contributed by atoms with van der Waals surface area (Å²) in [5.74, 6) is 0.892. The number of rotatable bonds is 4. The standard InChI is InChI=1S/C18H23N/c1-13(2)15-9-11-17(12-10-15)18(19)14(3)16-7-5-4-6-8-16/h4-14,18H,19H2,1-3H3. The summed E-state index contributed by atoms with van der Waals surface area (Å²) in [6.45, 7) is 6.61. The molecule has 1 nitrogen and oxygen atoms in total. The van der Waals surface area contributed by atoms with Gasteiger partial charge in [-0.2, -0.15) is 0 Å². The van der Waals surface area contributed by atoms with E-state index in [-0.39, 0.29) is 6.04 Å². The number of hydrogen-bond donors (Lipinski definition) is 1. The molecule has 0 heterocycles. The highest BCUT2D eigenvalue weighted by atomic mass is 14.6. The average Bonchev–Trinajstić information content (AvgIpc) is 2.46. The van der Waals surface area contributed by atoms with Crippen LogP contribution in [0.1, 0.15) is 55.3 Å². The Labute approximate surface area is 116 Å². The van der Waals surface area contributed by atoms with Crippen LogP contribution < -0.4 is 5.73 Å². The SMILES string of the molecule is CC(C)c1ccc(C(N)C(C)c2ccccc2)cc1. The van der Waals surface area contributed by atoms with E-state index in [1.54, 1.807) is 0 Å². The van der Waals surface area contributed by atoms with Crippen molar-refractivity contribution in [1.29, 1.82) is 0 Å². The molecule has 0 radical (unpaired) electrons. The second-order valence-electron chi connectivity index (χ2n) is 5.55. The van der Waals surface area contributed by atoms with Crippen molar-refractivity contribution in [2.75, 3.05) is 0 Å². The minimum absolute atomic E-state index is 0.0450. The van der Waals surface area contributed by atoms with Crippen LogP contribution in [-0.4, -0.2) is 0 Å². The quantitative estimate of drug-likeness (QED) is 0.845. The van der Waals surface area contributed by atoms with Gasteiger partial charge in [0.05, 0.1) is 0 Å². The second kappa shape index (κ2) is 6.03. The van der Waals surface area contributed by atoms with Crippen molar-refractivity contribution >= 4 is 0 Å². The predicted octanol–water partition coefficient (Wildman–Crippen LogP) is 4.61. The summed E-state index contributed by atoms with van der Waals surface area (Å²) < 4.78 is 0. The molecular weight excluding hydrogens is 230 g/mol. The van der Waals surface area contributed by atoms with Crippen LogP contribution >= 0.6 is 0 Å². The van der Waals surface area contributed by atoms with E-state index in [9.17, 15) is 0 Å². The van der Waals surface area contributed by atoms with Gasteiger partial charge in [-0.25, -0.2) is 0 Å². The summed E-state index contributed by atoms with van der Waals surface area (Å²) in [4.78, 5) is 0. The Morgan fingerprint density at radius 3 is 1.74 bits per heavy atom. The molecule has 0 amide bonds. The first kappa shape index (κ1) is 13.8. The van der Waals surface area contributed by atoms with Crippen LogP contribution in [0, 0.1) is 0 Å². The molecule has 0 bridgehead atoms. The molecule has 0 spiro atoms. The van der Waals surface area contributed by atoms with Crippen LogP contribution in [0.2, 0.25) is 0 Å². The number of hydrogen-bond acceptors (Lipinski definition) is 1. The van der Waals surface area contributed by atoms with E-state index in [1.165, 1.54) is 16.7 Å². The average molecular weight is 253 g/mol. The molecule has 2 rings (SSSR count). The summed E-state index contributed by atoms with van der Waals surface area (Å²) in [6.07, 6.45) is 0. The fraction of sp³-hybridized carbons (Fsp3) is 0.333. The monoisotopic (exact) mass is 253 g/mol. The molecule has 0 aliphatic heterocycles. The normalized spacial score (nSPS) is 14.4. The van der Waals surface area contributed by atoms with Gasteiger partial charge in [0, 0.05) is 12.0 Å². The van der Waals surface area contributed by atoms with Crippen LogP contribution in [0.5, 0.6) is 0 Å². The minimum Gasteiger partial charge on any atom is -0.323 e. The smallest absolute Gasteiger partial charge is 0.0361 e. The molecule has 2 aromatic carbocycles. The Bertz CT molecular complexity index is 499. The Morgan fingerprint density at radius 2 is 1.21 bits per heavy atom. The van der Waals surface area contributed by atoms with E-state index in [2.05, 4.69) is 69.3 Å². The third kappa shape index (κ3) is 3.24. The highest BCUT2D eigenvalue weighted by molar-refractivity contribution is 5.30. The topological polar surface area (TPSA) is 26.0 Å². The van der Waals surface area contributed by atoms with Gasteiger partial charge in [0.2, 0.25) is 0 Å². The molecule has 0 aliphatic rings. The lowest BCUT2D eigenvalue weighted by atomic mass is 9.88. The Balaban J connectivity index is 2.17. The molecule has 19 heavy (non-hydrogen) atoms. The molecule has 2 unspecified atom stereocenters. The van der Waals surface area contributed by atoms with Crippen molar-refractivity contribution in [2.24, 2.45) is 5.73 Å². The van der Waals surface area contributed by atoms with Gasteiger partial charge in [-0.05, 0) is 22.6 Å². The lowest BCUT2D eigenvalue weighted by Gasteiger charge is -2.21. The first-order valence-corrected chi connectivity index (χ1v) is 7.00. The fourth-order valence-electron chi connectivity index (χ4n) is 2.36. The van der Waals surface area contributed by atoms with Crippen molar-refractivity contribution in [3.8, 4) is 0 Å². The summed E-state index contributed by atoms with van der Waals surface area (Å²) in [5.41, 5.74) is 10.3. The lowest BCUT2D eigenvalue weighted by molar-refractivity contribution is 0.597. The van der Waals surface area contributed by atoms with Gasteiger partial charge >= 0.3 is 0 Å². The zero-order chi connectivity index (χ0) is 13.8. The van der Waals surface area contributed by atoms with Crippen molar-refractivity contribution < 1.29 is 0 Å². The highest BCUT2D eigenvalue weighted by Gasteiger charge is 2.16. The predicted molar refractivity (Wildman–Crippen MR) is 82.3 cm³/mol. The van der Waals surface area contributed by atoms with Crippen molar-refractivity contribution in [3.63, 3.8) is 0 Å². The van der Waals surface area contributed by atoms with Crippen molar-refractivity contribution in [2.45, 2.75) is 38.6 Å². The molecule has 0 aromatic heterocycles. The molecule has 2 aromatic rings. The lowest BCUT2D eigenvalue weighted by Crippen LogP contribution is -2.17. The summed E-state index contributed by atoms with van der Waals surface area (Å²) in [6, 6.07) is 19.2. The molecule has 100 valence electrons. The molecule has 0 aliphatic carbocycles. The van der Waals surface area contributed by atoms with Crippen LogP contribution in [0.25, 0.3) is 0 Å². The third-order valence-electron chi connectivity index (χ3n) is 3.85. The van der Waals surface area contributed by atoms with Gasteiger partial charge in [0.15, 0.2) is 0 Å². The third-order valence-corrected chi connectivity index (χ3v) is 3.85. The van der Waals surface area contributed by atoms with E-state index in [0.717, 1.165) is 0 Å². The molecule has 1 heteroatoms. The maximum Gasteiger partial charge on any atom is 0.0361 e. The molecule has 2 atom stereocenters.